The third-order valence-electron chi connectivity index (χ3n) is 2.65. The predicted octanol–water partition coefficient (Wildman–Crippen LogP) is 2.45. The van der Waals surface area contributed by atoms with Crippen molar-refractivity contribution in [1.29, 1.82) is 0 Å². The largest absolute Gasteiger partial charge is 0.292 e. The quantitative estimate of drug-likeness (QED) is 0.660. The van der Waals surface area contributed by atoms with Gasteiger partial charge < -0.3 is 0 Å². The second-order valence-corrected chi connectivity index (χ2v) is 3.64. The highest BCUT2D eigenvalue weighted by atomic mass is 16.1. The molecule has 13 heavy (non-hydrogen) atoms. The van der Waals surface area contributed by atoms with E-state index < -0.39 is 0 Å². The van der Waals surface area contributed by atoms with Crippen molar-refractivity contribution in [3.63, 3.8) is 0 Å². The summed E-state index contributed by atoms with van der Waals surface area (Å²) in [6, 6.07) is 5.49. The van der Waals surface area contributed by atoms with Gasteiger partial charge in [0.15, 0.2) is 5.78 Å². The Kier molecular flexibility index (Phi) is 2.39. The molecule has 2 heteroatoms. The maximum Gasteiger partial charge on any atom is 0.181 e. The third kappa shape index (κ3) is 1.94. The van der Waals surface area contributed by atoms with Gasteiger partial charge in [-0.15, -0.1) is 0 Å². The molecule has 1 aromatic rings. The van der Waals surface area contributed by atoms with Crippen molar-refractivity contribution in [1.82, 2.24) is 4.98 Å². The fourth-order valence-corrected chi connectivity index (χ4v) is 1.59. The van der Waals surface area contributed by atoms with E-state index in [4.69, 9.17) is 0 Å². The van der Waals surface area contributed by atoms with E-state index in [1.165, 1.54) is 19.3 Å². The van der Waals surface area contributed by atoms with Gasteiger partial charge in [0.1, 0.15) is 5.69 Å². The highest BCUT2D eigenvalue weighted by molar-refractivity contribution is 5.94. The number of nitrogens with zero attached hydrogens (tertiary/aromatic N) is 1. The van der Waals surface area contributed by atoms with Crippen LogP contribution in [0.4, 0.5) is 0 Å². The maximum absolute atomic E-state index is 11.6. The summed E-state index contributed by atoms with van der Waals surface area (Å²) in [4.78, 5) is 15.6. The molecule has 0 atom stereocenters. The van der Waals surface area contributed by atoms with Crippen LogP contribution < -0.4 is 0 Å². The number of Topliss-reactive ketones (excluding diaryl/α,β-unsaturated/α-hetero) is 1. The van der Waals surface area contributed by atoms with Crippen LogP contribution >= 0.6 is 0 Å². The lowest BCUT2D eigenvalue weighted by Crippen LogP contribution is -2.16. The second-order valence-electron chi connectivity index (χ2n) is 3.64. The number of rotatable bonds is 3. The van der Waals surface area contributed by atoms with Crippen molar-refractivity contribution in [3.8, 4) is 0 Å². The summed E-state index contributed by atoms with van der Waals surface area (Å²) >= 11 is 0. The average molecular weight is 175 g/mol. The molecule has 0 aromatic carbocycles. The second kappa shape index (κ2) is 3.69. The molecule has 0 bridgehead atoms. The van der Waals surface area contributed by atoms with Crippen LogP contribution in [0.1, 0.15) is 36.2 Å². The van der Waals surface area contributed by atoms with Crippen LogP contribution in [-0.2, 0) is 0 Å². The van der Waals surface area contributed by atoms with E-state index >= 15 is 0 Å². The molecule has 0 unspecified atom stereocenters. The van der Waals surface area contributed by atoms with Gasteiger partial charge in [0.05, 0.1) is 0 Å². The van der Waals surface area contributed by atoms with Crippen LogP contribution in [0.2, 0.25) is 0 Å². The maximum atomic E-state index is 11.6. The first-order chi connectivity index (χ1) is 6.36. The van der Waals surface area contributed by atoms with E-state index in [9.17, 15) is 4.79 Å². The summed E-state index contributed by atoms with van der Waals surface area (Å²) in [7, 11) is 0. The van der Waals surface area contributed by atoms with Gasteiger partial charge in [-0.2, -0.15) is 0 Å². The monoisotopic (exact) mass is 175 g/mol. The Morgan fingerprint density at radius 1 is 1.46 bits per heavy atom. The molecule has 0 spiro atoms. The molecule has 2 rings (SSSR count). The van der Waals surface area contributed by atoms with Gasteiger partial charge in [-0.05, 0) is 18.1 Å². The van der Waals surface area contributed by atoms with Crippen LogP contribution in [-0.4, -0.2) is 10.8 Å². The van der Waals surface area contributed by atoms with E-state index in [0.29, 0.717) is 18.0 Å². The molecule has 0 amide bonds. The zero-order valence-electron chi connectivity index (χ0n) is 7.57. The SMILES string of the molecule is O=C(CC1CCC1)c1ccccn1. The molecule has 1 saturated carbocycles. The molecule has 0 aliphatic heterocycles. The summed E-state index contributed by atoms with van der Waals surface area (Å²) in [6.45, 7) is 0. The first kappa shape index (κ1) is 8.42. The molecule has 1 fully saturated rings. The topological polar surface area (TPSA) is 30.0 Å². The molecule has 1 heterocycles. The Labute approximate surface area is 78.0 Å². The lowest BCUT2D eigenvalue weighted by molar-refractivity contribution is 0.0931. The summed E-state index contributed by atoms with van der Waals surface area (Å²) in [6.07, 6.45) is 6.10. The number of pyridine rings is 1. The first-order valence-electron chi connectivity index (χ1n) is 4.80. The van der Waals surface area contributed by atoms with Crippen LogP contribution in [0.3, 0.4) is 0 Å². The summed E-state index contributed by atoms with van der Waals surface area (Å²) in [5.41, 5.74) is 0.620. The summed E-state index contributed by atoms with van der Waals surface area (Å²) < 4.78 is 0. The van der Waals surface area contributed by atoms with Gasteiger partial charge in [-0.3, -0.25) is 9.78 Å². The number of ketones is 1. The number of carbonyl (C=O) groups excluding carboxylic acids is 1. The van der Waals surface area contributed by atoms with E-state index in [0.717, 1.165) is 0 Å². The summed E-state index contributed by atoms with van der Waals surface area (Å²) in [5.74, 6) is 0.833. The van der Waals surface area contributed by atoms with Gasteiger partial charge in [0.2, 0.25) is 0 Å². The Morgan fingerprint density at radius 2 is 2.31 bits per heavy atom. The van der Waals surface area contributed by atoms with E-state index in [1.54, 1.807) is 12.3 Å². The minimum atomic E-state index is 0.199. The number of hydrogen-bond donors (Lipinski definition) is 0. The Morgan fingerprint density at radius 3 is 2.85 bits per heavy atom. The Hall–Kier alpha value is -1.18. The van der Waals surface area contributed by atoms with E-state index in [-0.39, 0.29) is 5.78 Å². The fourth-order valence-electron chi connectivity index (χ4n) is 1.59. The van der Waals surface area contributed by atoms with Gasteiger partial charge in [-0.25, -0.2) is 0 Å². The molecule has 0 saturated heterocycles. The number of hydrogen-bond acceptors (Lipinski definition) is 2. The van der Waals surface area contributed by atoms with Gasteiger partial charge >= 0.3 is 0 Å². The zero-order valence-corrected chi connectivity index (χ0v) is 7.57. The number of aromatic nitrogens is 1. The van der Waals surface area contributed by atoms with Crippen molar-refractivity contribution in [2.75, 3.05) is 0 Å². The van der Waals surface area contributed by atoms with Crippen molar-refractivity contribution >= 4 is 5.78 Å². The molecule has 0 radical (unpaired) electrons. The standard InChI is InChI=1S/C11H13NO/c13-11(8-9-4-3-5-9)10-6-1-2-7-12-10/h1-2,6-7,9H,3-5,8H2. The van der Waals surface area contributed by atoms with Crippen LogP contribution in [0.15, 0.2) is 24.4 Å². The molecular weight excluding hydrogens is 162 g/mol. The normalized spacial score (nSPS) is 16.6. The summed E-state index contributed by atoms with van der Waals surface area (Å²) in [5, 5.41) is 0. The lowest BCUT2D eigenvalue weighted by atomic mass is 9.81. The van der Waals surface area contributed by atoms with Crippen molar-refractivity contribution in [2.45, 2.75) is 25.7 Å². The lowest BCUT2D eigenvalue weighted by Gasteiger charge is -2.24. The molecular formula is C11H13NO. The average Bonchev–Trinajstić information content (AvgIpc) is 2.12. The van der Waals surface area contributed by atoms with E-state index in [2.05, 4.69) is 4.98 Å². The Bertz CT molecular complexity index is 290. The van der Waals surface area contributed by atoms with E-state index in [1.807, 2.05) is 12.1 Å². The minimum Gasteiger partial charge on any atom is -0.292 e. The van der Waals surface area contributed by atoms with Crippen LogP contribution in [0.25, 0.3) is 0 Å². The van der Waals surface area contributed by atoms with Crippen molar-refractivity contribution < 1.29 is 4.79 Å². The molecule has 1 aliphatic rings. The van der Waals surface area contributed by atoms with Crippen molar-refractivity contribution in [3.05, 3.63) is 30.1 Å². The molecule has 1 aliphatic carbocycles. The molecule has 68 valence electrons. The molecule has 0 N–H and O–H groups in total. The van der Waals surface area contributed by atoms with Gasteiger partial charge in [-0.1, -0.05) is 25.3 Å². The molecule has 2 nitrogen and oxygen atoms in total. The Balaban J connectivity index is 1.97. The van der Waals surface area contributed by atoms with Gasteiger partial charge in [0, 0.05) is 12.6 Å². The fraction of sp³-hybridized carbons (Fsp3) is 0.455. The third-order valence-corrected chi connectivity index (χ3v) is 2.65. The number of carbonyl (C=O) groups is 1. The van der Waals surface area contributed by atoms with Crippen LogP contribution in [0.5, 0.6) is 0 Å². The minimum absolute atomic E-state index is 0.199. The van der Waals surface area contributed by atoms with Crippen LogP contribution in [0, 0.1) is 5.92 Å². The van der Waals surface area contributed by atoms with Gasteiger partial charge in [0.25, 0.3) is 0 Å². The highest BCUT2D eigenvalue weighted by Crippen LogP contribution is 2.30. The first-order valence-corrected chi connectivity index (χ1v) is 4.80. The zero-order chi connectivity index (χ0) is 9.10. The highest BCUT2D eigenvalue weighted by Gasteiger charge is 2.21. The van der Waals surface area contributed by atoms with Crippen molar-refractivity contribution in [2.24, 2.45) is 5.92 Å². The molecule has 1 aromatic heterocycles. The predicted molar refractivity (Wildman–Crippen MR) is 50.5 cm³/mol. The smallest absolute Gasteiger partial charge is 0.181 e.